The Hall–Kier alpha value is -0.610. The molecule has 4 heteroatoms. The molecule has 1 aliphatic rings. The van der Waals surface area contributed by atoms with Crippen molar-refractivity contribution in [1.29, 1.82) is 0 Å². The normalized spacial score (nSPS) is 24.1. The van der Waals surface area contributed by atoms with E-state index in [1.807, 2.05) is 18.7 Å². The fourth-order valence-electron chi connectivity index (χ4n) is 2.48. The minimum atomic E-state index is -0.288. The summed E-state index contributed by atoms with van der Waals surface area (Å²) in [5.74, 6) is 0.396. The van der Waals surface area contributed by atoms with Gasteiger partial charge in [-0.2, -0.15) is 0 Å². The Kier molecular flexibility index (Phi) is 4.95. The maximum atomic E-state index is 12.3. The van der Waals surface area contributed by atoms with Crippen molar-refractivity contribution in [3.05, 3.63) is 0 Å². The second-order valence-electron chi connectivity index (χ2n) is 5.47. The van der Waals surface area contributed by atoms with E-state index < -0.39 is 0 Å². The molecule has 1 saturated heterocycles. The highest BCUT2D eigenvalue weighted by Gasteiger charge is 2.36. The SMILES string of the molecule is CCC(CC)C(=O)N1CC(CN)OC(C)(C)C1. The summed E-state index contributed by atoms with van der Waals surface area (Å²) in [6, 6.07) is 0. The molecule has 0 spiro atoms. The van der Waals surface area contributed by atoms with Crippen LogP contribution in [0.15, 0.2) is 0 Å². The molecular formula is C13H26N2O2. The first-order valence-corrected chi connectivity index (χ1v) is 6.60. The van der Waals surface area contributed by atoms with Gasteiger partial charge in [-0.05, 0) is 26.7 Å². The fourth-order valence-corrected chi connectivity index (χ4v) is 2.48. The summed E-state index contributed by atoms with van der Waals surface area (Å²) in [5.41, 5.74) is 5.38. The van der Waals surface area contributed by atoms with E-state index in [2.05, 4.69) is 13.8 Å². The molecule has 100 valence electrons. The molecule has 0 aromatic heterocycles. The number of carbonyl (C=O) groups excluding carboxylic acids is 1. The predicted molar refractivity (Wildman–Crippen MR) is 68.7 cm³/mol. The van der Waals surface area contributed by atoms with Crippen LogP contribution in [-0.4, -0.2) is 42.1 Å². The highest BCUT2D eigenvalue weighted by atomic mass is 16.5. The average molecular weight is 242 g/mol. The number of ether oxygens (including phenoxy) is 1. The standard InChI is InChI=1S/C13H26N2O2/c1-5-10(6-2)12(16)15-8-11(7-14)17-13(3,4)9-15/h10-11H,5-9,14H2,1-4H3. The number of amides is 1. The highest BCUT2D eigenvalue weighted by molar-refractivity contribution is 5.79. The lowest BCUT2D eigenvalue weighted by atomic mass is 9.98. The molecule has 4 nitrogen and oxygen atoms in total. The van der Waals surface area contributed by atoms with E-state index in [0.29, 0.717) is 19.6 Å². The first-order chi connectivity index (χ1) is 7.93. The van der Waals surface area contributed by atoms with Gasteiger partial charge in [-0.15, -0.1) is 0 Å². The maximum absolute atomic E-state index is 12.3. The van der Waals surface area contributed by atoms with Crippen molar-refractivity contribution in [2.75, 3.05) is 19.6 Å². The van der Waals surface area contributed by atoms with Gasteiger partial charge in [0.05, 0.1) is 11.7 Å². The minimum Gasteiger partial charge on any atom is -0.367 e. The second kappa shape index (κ2) is 5.83. The second-order valence-corrected chi connectivity index (χ2v) is 5.47. The topological polar surface area (TPSA) is 55.6 Å². The molecule has 0 aromatic rings. The summed E-state index contributed by atoms with van der Waals surface area (Å²) in [6.07, 6.45) is 1.78. The third-order valence-corrected chi connectivity index (χ3v) is 3.39. The van der Waals surface area contributed by atoms with Crippen LogP contribution in [0.3, 0.4) is 0 Å². The molecule has 17 heavy (non-hydrogen) atoms. The summed E-state index contributed by atoms with van der Waals surface area (Å²) in [4.78, 5) is 14.3. The summed E-state index contributed by atoms with van der Waals surface area (Å²) < 4.78 is 5.83. The van der Waals surface area contributed by atoms with E-state index in [9.17, 15) is 4.79 Å². The van der Waals surface area contributed by atoms with Gasteiger partial charge in [0, 0.05) is 25.6 Å². The third-order valence-electron chi connectivity index (χ3n) is 3.39. The molecule has 1 heterocycles. The number of nitrogens with zero attached hydrogens (tertiary/aromatic N) is 1. The van der Waals surface area contributed by atoms with Gasteiger partial charge >= 0.3 is 0 Å². The van der Waals surface area contributed by atoms with E-state index in [0.717, 1.165) is 12.8 Å². The number of nitrogens with two attached hydrogens (primary N) is 1. The van der Waals surface area contributed by atoms with Gasteiger partial charge in [0.25, 0.3) is 0 Å². The summed E-state index contributed by atoms with van der Waals surface area (Å²) in [6.45, 7) is 9.93. The Balaban J connectivity index is 2.72. The highest BCUT2D eigenvalue weighted by Crippen LogP contribution is 2.23. The van der Waals surface area contributed by atoms with Gasteiger partial charge < -0.3 is 15.4 Å². The largest absolute Gasteiger partial charge is 0.367 e. The van der Waals surface area contributed by atoms with Crippen molar-refractivity contribution in [2.24, 2.45) is 11.7 Å². The molecule has 0 saturated carbocycles. The lowest BCUT2D eigenvalue weighted by Crippen LogP contribution is -2.57. The van der Waals surface area contributed by atoms with Crippen molar-refractivity contribution in [3.8, 4) is 0 Å². The Morgan fingerprint density at radius 3 is 2.53 bits per heavy atom. The van der Waals surface area contributed by atoms with Crippen LogP contribution in [0, 0.1) is 5.92 Å². The molecule has 0 bridgehead atoms. The Morgan fingerprint density at radius 2 is 2.06 bits per heavy atom. The zero-order chi connectivity index (χ0) is 13.1. The minimum absolute atomic E-state index is 0.0305. The van der Waals surface area contributed by atoms with Crippen molar-refractivity contribution in [3.63, 3.8) is 0 Å². The van der Waals surface area contributed by atoms with Crippen LogP contribution in [-0.2, 0) is 9.53 Å². The Labute approximate surface area is 104 Å². The maximum Gasteiger partial charge on any atom is 0.225 e. The molecule has 1 unspecified atom stereocenters. The van der Waals surface area contributed by atoms with Gasteiger partial charge in [0.15, 0.2) is 0 Å². The van der Waals surface area contributed by atoms with Gasteiger partial charge in [0.1, 0.15) is 0 Å². The average Bonchev–Trinajstić information content (AvgIpc) is 2.28. The fraction of sp³-hybridized carbons (Fsp3) is 0.923. The van der Waals surface area contributed by atoms with Crippen molar-refractivity contribution in [1.82, 2.24) is 4.90 Å². The quantitative estimate of drug-likeness (QED) is 0.810. The molecule has 2 N–H and O–H groups in total. The monoisotopic (exact) mass is 242 g/mol. The van der Waals surface area contributed by atoms with E-state index >= 15 is 0 Å². The lowest BCUT2D eigenvalue weighted by molar-refractivity contribution is -0.162. The molecule has 1 rings (SSSR count). The zero-order valence-electron chi connectivity index (χ0n) is 11.5. The van der Waals surface area contributed by atoms with E-state index in [1.54, 1.807) is 0 Å². The predicted octanol–water partition coefficient (Wildman–Crippen LogP) is 1.39. The smallest absolute Gasteiger partial charge is 0.225 e. The van der Waals surface area contributed by atoms with Crippen LogP contribution in [0.5, 0.6) is 0 Å². The number of hydrogen-bond donors (Lipinski definition) is 1. The van der Waals surface area contributed by atoms with Crippen LogP contribution in [0.1, 0.15) is 40.5 Å². The first kappa shape index (κ1) is 14.5. The number of carbonyl (C=O) groups is 1. The molecule has 1 fully saturated rings. The zero-order valence-corrected chi connectivity index (χ0v) is 11.5. The van der Waals surface area contributed by atoms with Crippen LogP contribution < -0.4 is 5.73 Å². The number of rotatable bonds is 4. The van der Waals surface area contributed by atoms with Crippen molar-refractivity contribution < 1.29 is 9.53 Å². The molecule has 0 aromatic carbocycles. The van der Waals surface area contributed by atoms with Gasteiger partial charge in [-0.25, -0.2) is 0 Å². The molecule has 1 amide bonds. The summed E-state index contributed by atoms with van der Waals surface area (Å²) >= 11 is 0. The number of morpholine rings is 1. The summed E-state index contributed by atoms with van der Waals surface area (Å²) in [7, 11) is 0. The molecular weight excluding hydrogens is 216 g/mol. The van der Waals surface area contributed by atoms with E-state index in [4.69, 9.17) is 10.5 Å². The van der Waals surface area contributed by atoms with Crippen molar-refractivity contribution in [2.45, 2.75) is 52.2 Å². The number of hydrogen-bond acceptors (Lipinski definition) is 3. The molecule has 0 aliphatic carbocycles. The first-order valence-electron chi connectivity index (χ1n) is 6.60. The summed E-state index contributed by atoms with van der Waals surface area (Å²) in [5, 5.41) is 0. The van der Waals surface area contributed by atoms with Crippen LogP contribution in [0.2, 0.25) is 0 Å². The Morgan fingerprint density at radius 1 is 1.47 bits per heavy atom. The van der Waals surface area contributed by atoms with Gasteiger partial charge in [0.2, 0.25) is 5.91 Å². The molecule has 1 atom stereocenters. The molecule has 0 radical (unpaired) electrons. The van der Waals surface area contributed by atoms with Crippen LogP contribution in [0.25, 0.3) is 0 Å². The third kappa shape index (κ3) is 3.68. The molecule has 1 aliphatic heterocycles. The van der Waals surface area contributed by atoms with Gasteiger partial charge in [-0.1, -0.05) is 13.8 Å². The van der Waals surface area contributed by atoms with Crippen LogP contribution in [0.4, 0.5) is 0 Å². The van der Waals surface area contributed by atoms with E-state index in [-0.39, 0.29) is 23.5 Å². The van der Waals surface area contributed by atoms with Crippen LogP contribution >= 0.6 is 0 Å². The van der Waals surface area contributed by atoms with Gasteiger partial charge in [-0.3, -0.25) is 4.79 Å². The van der Waals surface area contributed by atoms with Crippen molar-refractivity contribution >= 4 is 5.91 Å². The lowest BCUT2D eigenvalue weighted by Gasteiger charge is -2.43. The van der Waals surface area contributed by atoms with E-state index in [1.165, 1.54) is 0 Å². The Bertz CT molecular complexity index is 262.